The molecule has 0 atom stereocenters. The van der Waals surface area contributed by atoms with Gasteiger partial charge in [0.05, 0.1) is 15.6 Å². The summed E-state index contributed by atoms with van der Waals surface area (Å²) in [7, 11) is 2.15. The summed E-state index contributed by atoms with van der Waals surface area (Å²) in [6.07, 6.45) is 1.15. The van der Waals surface area contributed by atoms with E-state index >= 15 is 0 Å². The zero-order valence-electron chi connectivity index (χ0n) is 12.0. The summed E-state index contributed by atoms with van der Waals surface area (Å²) >= 11 is 1.55. The van der Waals surface area contributed by atoms with E-state index in [1.807, 2.05) is 19.9 Å². The zero-order valence-corrected chi connectivity index (χ0v) is 12.8. The van der Waals surface area contributed by atoms with Gasteiger partial charge in [-0.15, -0.1) is 11.3 Å². The average Bonchev–Trinajstić information content (AvgIpc) is 2.60. The Bertz CT molecular complexity index is 456. The van der Waals surface area contributed by atoms with E-state index in [1.54, 1.807) is 11.3 Å². The maximum atomic E-state index is 12.1. The van der Waals surface area contributed by atoms with Gasteiger partial charge in [0.2, 0.25) is 0 Å². The summed E-state index contributed by atoms with van der Waals surface area (Å²) in [4.78, 5) is 17.5. The summed E-state index contributed by atoms with van der Waals surface area (Å²) in [5.74, 6) is 0.157. The molecule has 2 heterocycles. The Morgan fingerprint density at radius 2 is 2.05 bits per heavy atom. The van der Waals surface area contributed by atoms with Crippen LogP contribution in [0.25, 0.3) is 0 Å². The highest BCUT2D eigenvalue weighted by atomic mass is 32.1. The third kappa shape index (κ3) is 3.28. The van der Waals surface area contributed by atoms with Crippen LogP contribution in [-0.4, -0.2) is 43.9 Å². The summed E-state index contributed by atoms with van der Waals surface area (Å²) in [6, 6.07) is 1.96. The molecular weight excluding hydrogens is 258 g/mol. The Hall–Kier alpha value is -1.07. The predicted molar refractivity (Wildman–Crippen MR) is 82.2 cm³/mol. The first-order chi connectivity index (χ1) is 8.99. The minimum Gasteiger partial charge on any atom is -0.397 e. The molecule has 4 nitrogen and oxygen atoms in total. The Morgan fingerprint density at radius 1 is 1.32 bits per heavy atom. The van der Waals surface area contributed by atoms with Gasteiger partial charge in [0.25, 0.3) is 0 Å². The number of Topliss-reactive ketones (excluding diaryl/α,β-unsaturated/α-hetero) is 1. The lowest BCUT2D eigenvalue weighted by atomic mass is 10.1. The molecule has 0 saturated carbocycles. The number of nitrogen functional groups attached to an aromatic ring is 1. The molecule has 0 aliphatic carbocycles. The molecule has 1 aromatic rings. The van der Waals surface area contributed by atoms with Crippen molar-refractivity contribution < 1.29 is 4.79 Å². The van der Waals surface area contributed by atoms with Crippen LogP contribution in [0.5, 0.6) is 0 Å². The minimum absolute atomic E-state index is 0.00377. The molecular formula is C14H23N3OS. The molecule has 1 aromatic heterocycles. The van der Waals surface area contributed by atoms with E-state index in [2.05, 4.69) is 16.8 Å². The van der Waals surface area contributed by atoms with Gasteiger partial charge in [0, 0.05) is 25.6 Å². The molecule has 1 aliphatic rings. The third-order valence-electron chi connectivity index (χ3n) is 3.53. The van der Waals surface area contributed by atoms with Crippen molar-refractivity contribution >= 4 is 27.8 Å². The van der Waals surface area contributed by atoms with Gasteiger partial charge in [-0.05, 0) is 26.1 Å². The van der Waals surface area contributed by atoms with Gasteiger partial charge in [-0.25, -0.2) is 0 Å². The van der Waals surface area contributed by atoms with E-state index in [4.69, 9.17) is 5.73 Å². The molecule has 0 radical (unpaired) electrons. The molecule has 106 valence electrons. The standard InChI is InChI=1S/C14H23N3OS/c1-10(2)13(18)14-11(15)9-12(19-14)17-6-4-5-16(3)7-8-17/h9-10H,4-8,15H2,1-3H3. The fourth-order valence-corrected chi connectivity index (χ4v) is 3.49. The minimum atomic E-state index is 0.00377. The van der Waals surface area contributed by atoms with Crippen LogP contribution in [0.1, 0.15) is 29.9 Å². The molecule has 0 amide bonds. The van der Waals surface area contributed by atoms with E-state index in [-0.39, 0.29) is 11.7 Å². The lowest BCUT2D eigenvalue weighted by Gasteiger charge is -2.20. The van der Waals surface area contributed by atoms with Crippen molar-refractivity contribution in [1.29, 1.82) is 0 Å². The highest BCUT2D eigenvalue weighted by Crippen LogP contribution is 2.34. The van der Waals surface area contributed by atoms with Gasteiger partial charge in [0.1, 0.15) is 0 Å². The van der Waals surface area contributed by atoms with Crippen molar-refractivity contribution in [1.82, 2.24) is 4.90 Å². The molecule has 0 bridgehead atoms. The number of carbonyl (C=O) groups is 1. The predicted octanol–water partition coefficient (Wildman–Crippen LogP) is 2.31. The molecule has 2 rings (SSSR count). The largest absolute Gasteiger partial charge is 0.397 e. The van der Waals surface area contributed by atoms with Crippen LogP contribution in [0.15, 0.2) is 6.07 Å². The van der Waals surface area contributed by atoms with Crippen molar-refractivity contribution in [3.8, 4) is 0 Å². The normalized spacial score (nSPS) is 17.8. The van der Waals surface area contributed by atoms with E-state index in [1.165, 1.54) is 0 Å². The summed E-state index contributed by atoms with van der Waals surface area (Å²) < 4.78 is 0. The first-order valence-corrected chi connectivity index (χ1v) is 7.67. The molecule has 0 spiro atoms. The maximum absolute atomic E-state index is 12.1. The molecule has 0 unspecified atom stereocenters. The Morgan fingerprint density at radius 3 is 2.74 bits per heavy atom. The second-order valence-corrected chi connectivity index (χ2v) is 6.56. The molecule has 1 saturated heterocycles. The molecule has 1 aliphatic heterocycles. The van der Waals surface area contributed by atoms with Crippen LogP contribution >= 0.6 is 11.3 Å². The fourth-order valence-electron chi connectivity index (χ4n) is 2.27. The summed E-state index contributed by atoms with van der Waals surface area (Å²) in [6.45, 7) is 8.08. The average molecular weight is 281 g/mol. The monoisotopic (exact) mass is 281 g/mol. The highest BCUT2D eigenvalue weighted by Gasteiger charge is 2.21. The fraction of sp³-hybridized carbons (Fsp3) is 0.643. The van der Waals surface area contributed by atoms with Crippen molar-refractivity contribution in [2.45, 2.75) is 20.3 Å². The van der Waals surface area contributed by atoms with Crippen LogP contribution < -0.4 is 10.6 Å². The van der Waals surface area contributed by atoms with Crippen LogP contribution in [0.2, 0.25) is 0 Å². The highest BCUT2D eigenvalue weighted by molar-refractivity contribution is 7.18. The number of hydrogen-bond acceptors (Lipinski definition) is 5. The lowest BCUT2D eigenvalue weighted by Crippen LogP contribution is -2.28. The molecule has 0 aromatic carbocycles. The number of carbonyl (C=O) groups excluding carboxylic acids is 1. The number of nitrogens with two attached hydrogens (primary N) is 1. The topological polar surface area (TPSA) is 49.6 Å². The number of anilines is 2. The number of rotatable bonds is 3. The van der Waals surface area contributed by atoms with E-state index in [0.717, 1.165) is 42.5 Å². The van der Waals surface area contributed by atoms with Gasteiger partial charge in [-0.2, -0.15) is 0 Å². The van der Waals surface area contributed by atoms with Crippen molar-refractivity contribution in [3.63, 3.8) is 0 Å². The number of thiophene rings is 1. The Balaban J connectivity index is 2.17. The summed E-state index contributed by atoms with van der Waals surface area (Å²) in [5, 5.41) is 1.14. The molecule has 2 N–H and O–H groups in total. The van der Waals surface area contributed by atoms with Gasteiger partial charge in [0.15, 0.2) is 5.78 Å². The smallest absolute Gasteiger partial charge is 0.177 e. The molecule has 1 fully saturated rings. The third-order valence-corrected chi connectivity index (χ3v) is 4.75. The first kappa shape index (κ1) is 14.3. The lowest BCUT2D eigenvalue weighted by molar-refractivity contribution is 0.0944. The number of ketones is 1. The molecule has 19 heavy (non-hydrogen) atoms. The maximum Gasteiger partial charge on any atom is 0.177 e. The van der Waals surface area contributed by atoms with Crippen LogP contribution in [0, 0.1) is 5.92 Å². The van der Waals surface area contributed by atoms with Gasteiger partial charge in [-0.1, -0.05) is 13.8 Å². The second-order valence-electron chi connectivity index (χ2n) is 5.53. The van der Waals surface area contributed by atoms with Gasteiger partial charge >= 0.3 is 0 Å². The Kier molecular flexibility index (Phi) is 4.47. The second kappa shape index (κ2) is 5.92. The number of likely N-dealkylation sites (N-methyl/N-ethyl adjacent to an activating group) is 1. The number of hydrogen-bond donors (Lipinski definition) is 1. The first-order valence-electron chi connectivity index (χ1n) is 6.86. The van der Waals surface area contributed by atoms with Crippen molar-refractivity contribution in [2.75, 3.05) is 43.9 Å². The van der Waals surface area contributed by atoms with Crippen LogP contribution in [0.3, 0.4) is 0 Å². The Labute approximate surface area is 119 Å². The van der Waals surface area contributed by atoms with E-state index < -0.39 is 0 Å². The quantitative estimate of drug-likeness (QED) is 0.864. The number of nitrogens with zero attached hydrogens (tertiary/aromatic N) is 2. The van der Waals surface area contributed by atoms with Crippen LogP contribution in [-0.2, 0) is 0 Å². The van der Waals surface area contributed by atoms with E-state index in [9.17, 15) is 4.79 Å². The summed E-state index contributed by atoms with van der Waals surface area (Å²) in [5.41, 5.74) is 6.64. The zero-order chi connectivity index (χ0) is 14.0. The van der Waals surface area contributed by atoms with Crippen molar-refractivity contribution in [2.24, 2.45) is 5.92 Å². The van der Waals surface area contributed by atoms with Crippen LogP contribution in [0.4, 0.5) is 10.7 Å². The van der Waals surface area contributed by atoms with Crippen molar-refractivity contribution in [3.05, 3.63) is 10.9 Å². The van der Waals surface area contributed by atoms with Gasteiger partial charge < -0.3 is 15.5 Å². The van der Waals surface area contributed by atoms with Gasteiger partial charge in [-0.3, -0.25) is 4.79 Å². The van der Waals surface area contributed by atoms with E-state index in [0.29, 0.717) is 5.69 Å². The molecule has 5 heteroatoms. The SMILES string of the molecule is CC(C)C(=O)c1sc(N2CCCN(C)CC2)cc1N.